The summed E-state index contributed by atoms with van der Waals surface area (Å²) in [5.41, 5.74) is 2.38. The Hall–Kier alpha value is -4.28. The van der Waals surface area contributed by atoms with Gasteiger partial charge >= 0.3 is 6.03 Å². The lowest BCUT2D eigenvalue weighted by atomic mass is 9.79. The van der Waals surface area contributed by atoms with E-state index in [2.05, 4.69) is 4.98 Å². The van der Waals surface area contributed by atoms with Gasteiger partial charge in [0.2, 0.25) is 0 Å². The standard InChI is InChI=1S/C27H26BF3N4O3/c1-15(32)19(11-28-2)20-9-21-17(12-33-20)14-35(26-24(30)22(37-3)10-23(38-4)25(26)31)27(36)34(21)13-16-5-7-18(29)8-6-16/h5-12,28,32H,13-14H2,1-4H3/b19-11+,32-15?. The Balaban J connectivity index is 1.89. The number of hydrogen-bond donors (Lipinski definition) is 1. The second-order valence-electron chi connectivity index (χ2n) is 8.69. The molecule has 0 spiro atoms. The molecule has 7 nitrogen and oxygen atoms in total. The normalized spacial score (nSPS) is 13.3. The molecule has 1 aliphatic rings. The van der Waals surface area contributed by atoms with E-state index in [1.165, 1.54) is 49.6 Å². The molecule has 2 aromatic carbocycles. The predicted octanol–water partition coefficient (Wildman–Crippen LogP) is 5.53. The van der Waals surface area contributed by atoms with Crippen molar-refractivity contribution in [1.29, 1.82) is 5.41 Å². The van der Waals surface area contributed by atoms with Crippen LogP contribution in [-0.2, 0) is 13.1 Å². The highest BCUT2D eigenvalue weighted by Crippen LogP contribution is 2.41. The van der Waals surface area contributed by atoms with Crippen molar-refractivity contribution < 1.29 is 27.4 Å². The van der Waals surface area contributed by atoms with Crippen molar-refractivity contribution in [2.75, 3.05) is 24.0 Å². The minimum absolute atomic E-state index is 0.00714. The second-order valence-corrected chi connectivity index (χ2v) is 8.69. The fourth-order valence-corrected chi connectivity index (χ4v) is 4.34. The molecule has 0 radical (unpaired) electrons. The van der Waals surface area contributed by atoms with Gasteiger partial charge in [0.15, 0.2) is 23.1 Å². The molecule has 0 saturated carbocycles. The summed E-state index contributed by atoms with van der Waals surface area (Å²) in [7, 11) is 3.13. The SMILES string of the molecule is CB/C=C(\C(C)=N)c1cc2c(cn1)CN(c1c(F)c(OC)cc(OC)c1F)C(=O)N2Cc1ccc(F)cc1. The number of ether oxygens (including phenoxy) is 2. The van der Waals surface area contributed by atoms with Gasteiger partial charge in [-0.15, -0.1) is 5.98 Å². The van der Waals surface area contributed by atoms with E-state index in [-0.39, 0.29) is 24.6 Å². The number of rotatable bonds is 8. The van der Waals surface area contributed by atoms with Gasteiger partial charge in [0.25, 0.3) is 0 Å². The summed E-state index contributed by atoms with van der Waals surface area (Å²) in [5, 5.41) is 8.15. The summed E-state index contributed by atoms with van der Waals surface area (Å²) in [6, 6.07) is 7.65. The molecule has 1 aliphatic heterocycles. The molecule has 1 aromatic heterocycles. The Morgan fingerprint density at radius 1 is 1.11 bits per heavy atom. The maximum absolute atomic E-state index is 15.4. The summed E-state index contributed by atoms with van der Waals surface area (Å²) in [5.74, 6) is -1.25. The number of fused-ring (bicyclic) bond motifs is 1. The number of benzene rings is 2. The first-order valence-corrected chi connectivity index (χ1v) is 11.9. The maximum Gasteiger partial charge on any atom is 0.329 e. The lowest BCUT2D eigenvalue weighted by Gasteiger charge is -2.37. The highest BCUT2D eigenvalue weighted by molar-refractivity contribution is 6.45. The van der Waals surface area contributed by atoms with Crippen LogP contribution in [0.25, 0.3) is 5.57 Å². The molecular formula is C27H26BF3N4O3. The van der Waals surface area contributed by atoms with Gasteiger partial charge < -0.3 is 14.9 Å². The van der Waals surface area contributed by atoms with E-state index in [1.54, 1.807) is 13.0 Å². The number of pyridine rings is 1. The quantitative estimate of drug-likeness (QED) is 0.312. The summed E-state index contributed by atoms with van der Waals surface area (Å²) >= 11 is 0. The van der Waals surface area contributed by atoms with Gasteiger partial charge in [-0.1, -0.05) is 19.0 Å². The molecule has 0 aliphatic carbocycles. The van der Waals surface area contributed by atoms with Crippen LogP contribution in [0.15, 0.2) is 48.6 Å². The molecule has 0 fully saturated rings. The summed E-state index contributed by atoms with van der Waals surface area (Å²) in [4.78, 5) is 20.7. The van der Waals surface area contributed by atoms with Gasteiger partial charge in [-0.2, -0.15) is 0 Å². The first-order chi connectivity index (χ1) is 18.2. The molecule has 0 unspecified atom stereocenters. The molecule has 1 N–H and O–H groups in total. The first kappa shape index (κ1) is 26.8. The topological polar surface area (TPSA) is 78.8 Å². The Morgan fingerprint density at radius 2 is 1.74 bits per heavy atom. The van der Waals surface area contributed by atoms with Crippen molar-refractivity contribution in [1.82, 2.24) is 4.98 Å². The van der Waals surface area contributed by atoms with Crippen LogP contribution in [0.3, 0.4) is 0 Å². The Morgan fingerprint density at radius 3 is 2.29 bits per heavy atom. The number of carbonyl (C=O) groups excluding carboxylic acids is 1. The monoisotopic (exact) mass is 522 g/mol. The van der Waals surface area contributed by atoms with Gasteiger partial charge in [-0.25, -0.2) is 18.0 Å². The van der Waals surface area contributed by atoms with Gasteiger partial charge in [0, 0.05) is 29.1 Å². The molecule has 4 rings (SSSR count). The van der Waals surface area contributed by atoms with Gasteiger partial charge in [-0.3, -0.25) is 14.8 Å². The van der Waals surface area contributed by atoms with Crippen LogP contribution in [0.4, 0.5) is 29.3 Å². The predicted molar refractivity (Wildman–Crippen MR) is 142 cm³/mol. The molecule has 196 valence electrons. The van der Waals surface area contributed by atoms with E-state index in [0.717, 1.165) is 11.0 Å². The van der Waals surface area contributed by atoms with E-state index < -0.39 is 29.2 Å². The maximum atomic E-state index is 15.4. The highest BCUT2D eigenvalue weighted by atomic mass is 19.1. The zero-order valence-electron chi connectivity index (χ0n) is 21.4. The van der Waals surface area contributed by atoms with Crippen molar-refractivity contribution in [2.24, 2.45) is 0 Å². The Bertz CT molecular complexity index is 1400. The molecule has 0 saturated heterocycles. The lowest BCUT2D eigenvalue weighted by Crippen LogP contribution is -2.47. The van der Waals surface area contributed by atoms with Crippen molar-refractivity contribution >= 4 is 36.0 Å². The van der Waals surface area contributed by atoms with Gasteiger partial charge in [0.05, 0.1) is 38.7 Å². The van der Waals surface area contributed by atoms with Crippen LogP contribution in [0, 0.1) is 22.9 Å². The average Bonchev–Trinajstić information content (AvgIpc) is 2.90. The average molecular weight is 522 g/mol. The van der Waals surface area contributed by atoms with Crippen LogP contribution >= 0.6 is 0 Å². The molecule has 2 heterocycles. The number of hydrogen-bond acceptors (Lipinski definition) is 5. The largest absolute Gasteiger partial charge is 0.493 e. The lowest BCUT2D eigenvalue weighted by molar-refractivity contribution is 0.249. The minimum atomic E-state index is -1.05. The van der Waals surface area contributed by atoms with Crippen molar-refractivity contribution in [3.8, 4) is 11.5 Å². The van der Waals surface area contributed by atoms with Gasteiger partial charge in [0.1, 0.15) is 18.8 Å². The highest BCUT2D eigenvalue weighted by Gasteiger charge is 2.37. The third-order valence-electron chi connectivity index (χ3n) is 6.21. The van der Waals surface area contributed by atoms with Crippen LogP contribution in [0.2, 0.25) is 6.82 Å². The number of halogens is 3. The van der Waals surface area contributed by atoms with E-state index in [4.69, 9.17) is 14.9 Å². The third-order valence-corrected chi connectivity index (χ3v) is 6.21. The molecule has 0 bridgehead atoms. The van der Waals surface area contributed by atoms with Crippen molar-refractivity contribution in [2.45, 2.75) is 26.8 Å². The van der Waals surface area contributed by atoms with Crippen LogP contribution in [0.5, 0.6) is 11.5 Å². The van der Waals surface area contributed by atoms with Crippen LogP contribution in [-0.4, -0.2) is 38.2 Å². The smallest absolute Gasteiger partial charge is 0.329 e. The number of anilines is 2. The van der Waals surface area contributed by atoms with E-state index in [1.807, 2.05) is 12.8 Å². The number of methoxy groups -OCH3 is 2. The van der Waals surface area contributed by atoms with Gasteiger partial charge in [-0.05, 0) is 30.7 Å². The number of allylic oxidation sites excluding steroid dienone is 1. The number of nitrogens with one attached hydrogen (secondary N) is 1. The minimum Gasteiger partial charge on any atom is -0.493 e. The Kier molecular flexibility index (Phi) is 7.75. The Labute approximate surface area is 219 Å². The zero-order valence-corrected chi connectivity index (χ0v) is 21.4. The fourth-order valence-electron chi connectivity index (χ4n) is 4.34. The number of carbonyl (C=O) groups is 1. The first-order valence-electron chi connectivity index (χ1n) is 11.9. The van der Waals surface area contributed by atoms with E-state index in [9.17, 15) is 9.18 Å². The van der Waals surface area contributed by atoms with Crippen molar-refractivity contribution in [3.05, 3.63) is 82.8 Å². The molecule has 0 atom stereocenters. The molecule has 3 aromatic rings. The van der Waals surface area contributed by atoms with E-state index >= 15 is 8.78 Å². The zero-order chi connectivity index (χ0) is 27.6. The van der Waals surface area contributed by atoms with Crippen molar-refractivity contribution in [3.63, 3.8) is 0 Å². The summed E-state index contributed by atoms with van der Waals surface area (Å²) < 4.78 is 54.5. The molecular weight excluding hydrogens is 496 g/mol. The van der Waals surface area contributed by atoms with Crippen LogP contribution < -0.4 is 19.3 Å². The number of aromatic nitrogens is 1. The van der Waals surface area contributed by atoms with Crippen LogP contribution in [0.1, 0.15) is 23.7 Å². The number of nitrogens with zero attached hydrogens (tertiary/aromatic N) is 3. The molecule has 38 heavy (non-hydrogen) atoms. The van der Waals surface area contributed by atoms with E-state index in [0.29, 0.717) is 41.1 Å². The number of urea groups is 1. The molecule has 2 amide bonds. The summed E-state index contributed by atoms with van der Waals surface area (Å²) in [6.45, 7) is 3.40. The fraction of sp³-hybridized carbons (Fsp3) is 0.222. The third kappa shape index (κ3) is 4.96. The molecule has 11 heteroatoms. The number of amides is 2. The summed E-state index contributed by atoms with van der Waals surface area (Å²) in [6.07, 6.45) is 1.53. The second kappa shape index (κ2) is 11.0.